The number of amides is 10. The van der Waals surface area contributed by atoms with E-state index in [1.807, 2.05) is 0 Å². The Kier molecular flexibility index (Phi) is 25.9. The summed E-state index contributed by atoms with van der Waals surface area (Å²) in [5.41, 5.74) is 16.7. The van der Waals surface area contributed by atoms with Crippen LogP contribution in [0.25, 0.3) is 0 Å². The SMILES string of the molecule is CC[C@H](C)[C@H](NC(=O)[C@H](CO)NC(=O)[C@H](CO)NC(=O)[C@H](CC(C)C)NC(=O)[C@H](CC(C)C)NC(=O)CNC(=O)[C@H](CC(N)=O)NC(=O)[C@H](Cc1ccc(O)cc1)NC(=O)[C@@H](N)CC(N)=O)C(=O)O. The van der Waals surface area contributed by atoms with Crippen LogP contribution in [0.1, 0.15) is 79.2 Å². The minimum Gasteiger partial charge on any atom is -0.508 e. The summed E-state index contributed by atoms with van der Waals surface area (Å²) in [6.45, 7) is 7.37. The lowest BCUT2D eigenvalue weighted by atomic mass is 9.99. The molecule has 0 unspecified atom stereocenters. The number of benzene rings is 1. The molecule has 18 N–H and O–H groups in total. The first kappa shape index (κ1) is 60.1. The van der Waals surface area contributed by atoms with Gasteiger partial charge in [-0.25, -0.2) is 4.79 Å². The van der Waals surface area contributed by atoms with Crippen LogP contribution in [-0.2, 0) is 59.2 Å². The molecule has 26 heteroatoms. The zero-order chi connectivity index (χ0) is 52.7. The van der Waals surface area contributed by atoms with E-state index >= 15 is 0 Å². The number of nitrogens with one attached hydrogen (secondary N) is 8. The molecule has 0 spiro atoms. The van der Waals surface area contributed by atoms with Crippen molar-refractivity contribution >= 4 is 65.0 Å². The smallest absolute Gasteiger partial charge is 0.326 e. The summed E-state index contributed by atoms with van der Waals surface area (Å²) in [6.07, 6.45) is -1.21. The lowest BCUT2D eigenvalue weighted by molar-refractivity contribution is -0.144. The van der Waals surface area contributed by atoms with Crippen molar-refractivity contribution in [2.24, 2.45) is 35.0 Å². The van der Waals surface area contributed by atoms with Crippen molar-refractivity contribution in [1.82, 2.24) is 42.5 Å². The highest BCUT2D eigenvalue weighted by atomic mass is 16.4. The summed E-state index contributed by atoms with van der Waals surface area (Å²) < 4.78 is 0. The molecule has 1 rings (SSSR count). The topological polar surface area (TPSA) is 443 Å². The molecule has 0 aromatic heterocycles. The largest absolute Gasteiger partial charge is 0.508 e. The van der Waals surface area contributed by atoms with Crippen LogP contribution in [0.5, 0.6) is 5.75 Å². The standard InChI is InChI=1S/C43H69N11O15/c1-7-22(6)35(43(68)69)54-42(67)31(19-56)53-41(66)30(18-55)52-39(64)27(13-21(4)5)50-38(63)26(12-20(2)3)48-34(60)17-47-37(62)29(16-33(46)59)51-40(65)28(14-23-8-10-24(57)11-9-23)49-36(61)25(44)15-32(45)58/h8-11,20-22,25-31,35,55-57H,7,12-19,44H2,1-6H3,(H2,45,58)(H2,46,59)(H,47,62)(H,48,60)(H,49,61)(H,50,63)(H,51,65)(H,52,64)(H,53,66)(H,54,67)(H,68,69)/t22-,25-,26-,27-,28-,29-,30-,31-,35-/m0/s1. The maximum atomic E-state index is 13.7. The summed E-state index contributed by atoms with van der Waals surface area (Å²) in [7, 11) is 0. The van der Waals surface area contributed by atoms with E-state index in [9.17, 15) is 73.2 Å². The van der Waals surface area contributed by atoms with E-state index in [-0.39, 0.29) is 36.8 Å². The van der Waals surface area contributed by atoms with Gasteiger partial charge in [0.25, 0.3) is 0 Å². The molecule has 26 nitrogen and oxygen atoms in total. The molecule has 9 atom stereocenters. The summed E-state index contributed by atoms with van der Waals surface area (Å²) in [4.78, 5) is 141. The lowest BCUT2D eigenvalue weighted by Gasteiger charge is -2.27. The number of carboxylic acid groups (broad SMARTS) is 1. The van der Waals surface area contributed by atoms with E-state index in [2.05, 4.69) is 42.5 Å². The summed E-state index contributed by atoms with van der Waals surface area (Å²) in [6, 6.07) is -6.56. The Morgan fingerprint density at radius 3 is 1.42 bits per heavy atom. The van der Waals surface area contributed by atoms with Crippen LogP contribution in [0.4, 0.5) is 0 Å². The normalized spacial score (nSPS) is 15.0. The Labute approximate surface area is 398 Å². The molecule has 0 saturated carbocycles. The molecule has 0 heterocycles. The molecule has 386 valence electrons. The number of aliphatic carboxylic acids is 1. The number of hydrogen-bond acceptors (Lipinski definition) is 15. The number of carbonyl (C=O) groups is 11. The van der Waals surface area contributed by atoms with Crippen molar-refractivity contribution in [3.8, 4) is 5.75 Å². The van der Waals surface area contributed by atoms with Gasteiger partial charge in [0.05, 0.1) is 38.6 Å². The van der Waals surface area contributed by atoms with E-state index in [1.165, 1.54) is 24.3 Å². The van der Waals surface area contributed by atoms with Crippen LogP contribution in [-0.4, -0.2) is 154 Å². The second-order valence-electron chi connectivity index (χ2n) is 17.3. The number of aliphatic hydroxyl groups excluding tert-OH is 2. The molecule has 0 bridgehead atoms. The van der Waals surface area contributed by atoms with Gasteiger partial charge in [-0.05, 0) is 48.3 Å². The molecular formula is C43H69N11O15. The number of phenols is 1. The molecule has 0 aliphatic carbocycles. The predicted octanol–water partition coefficient (Wildman–Crippen LogP) is -5.27. The fourth-order valence-corrected chi connectivity index (χ4v) is 6.43. The molecule has 0 aliphatic rings. The number of rotatable bonds is 31. The Morgan fingerprint density at radius 2 is 0.971 bits per heavy atom. The van der Waals surface area contributed by atoms with E-state index < -0.39 is 152 Å². The van der Waals surface area contributed by atoms with E-state index in [4.69, 9.17) is 17.2 Å². The fraction of sp³-hybridized carbons (Fsp3) is 0.605. The van der Waals surface area contributed by atoms with Gasteiger partial charge >= 0.3 is 5.97 Å². The number of phenolic OH excluding ortho intramolecular Hbond substituents is 1. The van der Waals surface area contributed by atoms with Crippen LogP contribution in [0.2, 0.25) is 0 Å². The van der Waals surface area contributed by atoms with Gasteiger partial charge in [-0.15, -0.1) is 0 Å². The van der Waals surface area contributed by atoms with Gasteiger partial charge in [0.2, 0.25) is 59.1 Å². The maximum Gasteiger partial charge on any atom is 0.326 e. The molecule has 0 saturated heterocycles. The van der Waals surface area contributed by atoms with E-state index in [1.54, 1.807) is 41.5 Å². The Balaban J connectivity index is 3.18. The van der Waals surface area contributed by atoms with Gasteiger partial charge in [0, 0.05) is 6.42 Å². The molecule has 69 heavy (non-hydrogen) atoms. The highest BCUT2D eigenvalue weighted by Gasteiger charge is 2.35. The van der Waals surface area contributed by atoms with Gasteiger partial charge in [-0.3, -0.25) is 47.9 Å². The first-order valence-electron chi connectivity index (χ1n) is 22.2. The molecule has 1 aromatic carbocycles. The van der Waals surface area contributed by atoms with Gasteiger partial charge in [-0.2, -0.15) is 0 Å². The van der Waals surface area contributed by atoms with Gasteiger partial charge in [0.1, 0.15) is 48.0 Å². The number of aliphatic hydroxyl groups is 2. The predicted molar refractivity (Wildman–Crippen MR) is 244 cm³/mol. The van der Waals surface area contributed by atoms with Gasteiger partial charge in [-0.1, -0.05) is 60.1 Å². The highest BCUT2D eigenvalue weighted by molar-refractivity contribution is 5.98. The number of carbonyl (C=O) groups excluding carboxylic acids is 10. The highest BCUT2D eigenvalue weighted by Crippen LogP contribution is 2.13. The molecule has 10 amide bonds. The van der Waals surface area contributed by atoms with Crippen molar-refractivity contribution in [2.45, 2.75) is 128 Å². The zero-order valence-corrected chi connectivity index (χ0v) is 39.5. The summed E-state index contributed by atoms with van der Waals surface area (Å²) in [5.74, 6) is -12.4. The quantitative estimate of drug-likeness (QED) is 0.0331. The Bertz CT molecular complexity index is 1970. The Hall–Kier alpha value is -6.93. The number of aromatic hydroxyl groups is 1. The third kappa shape index (κ3) is 22.2. The van der Waals surface area contributed by atoms with Crippen molar-refractivity contribution < 1.29 is 73.2 Å². The first-order chi connectivity index (χ1) is 32.2. The molecule has 0 fully saturated rings. The third-order valence-electron chi connectivity index (χ3n) is 10.3. The van der Waals surface area contributed by atoms with Crippen LogP contribution in [0, 0.1) is 17.8 Å². The second kappa shape index (κ2) is 29.7. The second-order valence-corrected chi connectivity index (χ2v) is 17.3. The number of nitrogens with two attached hydrogens (primary N) is 3. The molecule has 0 radical (unpaired) electrons. The third-order valence-corrected chi connectivity index (χ3v) is 10.3. The van der Waals surface area contributed by atoms with Crippen LogP contribution >= 0.6 is 0 Å². The van der Waals surface area contributed by atoms with Crippen molar-refractivity contribution in [1.29, 1.82) is 0 Å². The zero-order valence-electron chi connectivity index (χ0n) is 39.5. The van der Waals surface area contributed by atoms with E-state index in [0.29, 0.717) is 12.0 Å². The average Bonchev–Trinajstić information content (AvgIpc) is 3.26. The number of primary amides is 2. The van der Waals surface area contributed by atoms with Gasteiger partial charge < -0.3 is 80.2 Å². The average molecular weight is 980 g/mol. The van der Waals surface area contributed by atoms with Crippen LogP contribution in [0.3, 0.4) is 0 Å². The maximum absolute atomic E-state index is 13.7. The van der Waals surface area contributed by atoms with Crippen molar-refractivity contribution in [2.75, 3.05) is 19.8 Å². The fourth-order valence-electron chi connectivity index (χ4n) is 6.43. The minimum atomic E-state index is -1.72. The first-order valence-corrected chi connectivity index (χ1v) is 22.2. The molecule has 0 aliphatic heterocycles. The van der Waals surface area contributed by atoms with E-state index in [0.717, 1.165) is 0 Å². The number of carboxylic acids is 1. The van der Waals surface area contributed by atoms with Crippen LogP contribution < -0.4 is 59.7 Å². The summed E-state index contributed by atoms with van der Waals surface area (Å²) in [5, 5.41) is 57.7. The minimum absolute atomic E-state index is 0.00514. The molecular weight excluding hydrogens is 911 g/mol. The van der Waals surface area contributed by atoms with Gasteiger partial charge in [0.15, 0.2) is 0 Å². The van der Waals surface area contributed by atoms with Crippen molar-refractivity contribution in [3.63, 3.8) is 0 Å². The Morgan fingerprint density at radius 1 is 0.551 bits per heavy atom. The molecule has 1 aromatic rings. The number of hydrogen-bond donors (Lipinski definition) is 15. The lowest BCUT2D eigenvalue weighted by Crippen LogP contribution is -2.61. The summed E-state index contributed by atoms with van der Waals surface area (Å²) >= 11 is 0. The van der Waals surface area contributed by atoms with Crippen LogP contribution in [0.15, 0.2) is 24.3 Å². The monoisotopic (exact) mass is 979 g/mol. The van der Waals surface area contributed by atoms with Crippen molar-refractivity contribution in [3.05, 3.63) is 29.8 Å².